The summed E-state index contributed by atoms with van der Waals surface area (Å²) in [5.41, 5.74) is 0. The number of hydrogen-bond donors (Lipinski definition) is 1. The molecule has 0 aliphatic carbocycles. The van der Waals surface area contributed by atoms with Gasteiger partial charge >= 0.3 is 5.97 Å². The fourth-order valence-corrected chi connectivity index (χ4v) is 3.18. The number of likely N-dealkylation sites (tertiary alicyclic amines) is 1. The zero-order valence-electron chi connectivity index (χ0n) is 13.7. The minimum atomic E-state index is -1.69. The molecule has 3 aliphatic rings. The molecule has 27 heavy (non-hydrogen) atoms. The van der Waals surface area contributed by atoms with E-state index in [0.29, 0.717) is 14.7 Å². The Balaban J connectivity index is 1.95. The van der Waals surface area contributed by atoms with Crippen LogP contribution in [0, 0.1) is 0 Å². The SMILES string of the molecule is O=C(O)CCCN1C(=O)C(N2C(=O)C=CC2=O)C(N2C(=O)C=CC2=O)C1=O. The van der Waals surface area contributed by atoms with Crippen LogP contribution in [0.15, 0.2) is 24.3 Å². The van der Waals surface area contributed by atoms with Gasteiger partial charge in [-0.15, -0.1) is 0 Å². The third-order valence-electron chi connectivity index (χ3n) is 4.35. The molecule has 6 amide bonds. The number of rotatable bonds is 6. The van der Waals surface area contributed by atoms with Crippen LogP contribution in [-0.4, -0.2) is 79.8 Å². The summed E-state index contributed by atoms with van der Waals surface area (Å²) in [6, 6.07) is -3.38. The Morgan fingerprint density at radius 1 is 0.778 bits per heavy atom. The van der Waals surface area contributed by atoms with E-state index in [2.05, 4.69) is 0 Å². The molecule has 1 N–H and O–H groups in total. The van der Waals surface area contributed by atoms with Crippen LogP contribution >= 0.6 is 0 Å². The van der Waals surface area contributed by atoms with E-state index >= 15 is 0 Å². The number of aliphatic carboxylic acids is 1. The second-order valence-corrected chi connectivity index (χ2v) is 5.97. The molecule has 0 aromatic heterocycles. The lowest BCUT2D eigenvalue weighted by molar-refractivity contribution is -0.151. The molecule has 0 spiro atoms. The molecule has 0 aromatic carbocycles. The molecular weight excluding hydrogens is 362 g/mol. The predicted molar refractivity (Wildman–Crippen MR) is 83.2 cm³/mol. The quantitative estimate of drug-likeness (QED) is 0.514. The number of carbonyl (C=O) groups excluding carboxylic acids is 6. The molecule has 11 heteroatoms. The van der Waals surface area contributed by atoms with Crippen molar-refractivity contribution in [2.24, 2.45) is 0 Å². The standard InChI is InChI=1S/C16H13N3O8/c20-8-3-4-9(21)18(8)13-14(19-10(22)5-6-11(19)23)16(27)17(15(13)26)7-1-2-12(24)25/h3-6,13-14H,1-2,7H2,(H,24,25). The monoisotopic (exact) mass is 375 g/mol. The van der Waals surface area contributed by atoms with Crippen LogP contribution in [-0.2, 0) is 33.6 Å². The van der Waals surface area contributed by atoms with Gasteiger partial charge in [0.05, 0.1) is 0 Å². The van der Waals surface area contributed by atoms with E-state index < -0.39 is 53.5 Å². The van der Waals surface area contributed by atoms with Gasteiger partial charge in [-0.25, -0.2) is 0 Å². The maximum atomic E-state index is 12.8. The number of carboxylic acids is 1. The van der Waals surface area contributed by atoms with Crippen molar-refractivity contribution in [1.82, 2.24) is 14.7 Å². The third kappa shape index (κ3) is 2.92. The number of hydrogen-bond acceptors (Lipinski definition) is 7. The number of amides is 6. The van der Waals surface area contributed by atoms with E-state index in [1.807, 2.05) is 0 Å². The van der Waals surface area contributed by atoms with E-state index in [-0.39, 0.29) is 19.4 Å². The minimum Gasteiger partial charge on any atom is -0.481 e. The van der Waals surface area contributed by atoms with Gasteiger partial charge < -0.3 is 5.11 Å². The Labute approximate surface area is 151 Å². The van der Waals surface area contributed by atoms with E-state index in [9.17, 15) is 33.6 Å². The Hall–Kier alpha value is -3.63. The van der Waals surface area contributed by atoms with Crippen molar-refractivity contribution in [2.45, 2.75) is 24.9 Å². The van der Waals surface area contributed by atoms with Crippen LogP contribution in [0.2, 0.25) is 0 Å². The van der Waals surface area contributed by atoms with Crippen molar-refractivity contribution >= 4 is 41.4 Å². The highest BCUT2D eigenvalue weighted by atomic mass is 16.4. The molecule has 3 heterocycles. The molecule has 1 fully saturated rings. The number of nitrogens with zero attached hydrogens (tertiary/aromatic N) is 3. The second kappa shape index (κ2) is 6.59. The zero-order valence-corrected chi connectivity index (χ0v) is 13.7. The Morgan fingerprint density at radius 3 is 1.48 bits per heavy atom. The highest BCUT2D eigenvalue weighted by molar-refractivity contribution is 6.22. The summed E-state index contributed by atoms with van der Waals surface area (Å²) >= 11 is 0. The molecule has 0 radical (unpaired) electrons. The van der Waals surface area contributed by atoms with Crippen molar-refractivity contribution in [3.63, 3.8) is 0 Å². The largest absolute Gasteiger partial charge is 0.481 e. The Morgan fingerprint density at radius 2 is 1.15 bits per heavy atom. The van der Waals surface area contributed by atoms with E-state index in [4.69, 9.17) is 5.11 Å². The number of carboxylic acid groups (broad SMARTS) is 1. The molecule has 0 saturated carbocycles. The second-order valence-electron chi connectivity index (χ2n) is 5.97. The fraction of sp³-hybridized carbons (Fsp3) is 0.312. The van der Waals surface area contributed by atoms with Gasteiger partial charge in [0, 0.05) is 37.3 Å². The average molecular weight is 375 g/mol. The van der Waals surface area contributed by atoms with E-state index in [1.165, 1.54) is 0 Å². The molecule has 0 aromatic rings. The predicted octanol–water partition coefficient (Wildman–Crippen LogP) is -2.19. The molecule has 2 atom stereocenters. The molecule has 140 valence electrons. The molecule has 11 nitrogen and oxygen atoms in total. The smallest absolute Gasteiger partial charge is 0.303 e. The van der Waals surface area contributed by atoms with Crippen LogP contribution in [0.25, 0.3) is 0 Å². The Bertz CT molecular complexity index is 762. The normalized spacial score (nSPS) is 25.0. The van der Waals surface area contributed by atoms with Crippen molar-refractivity contribution < 1.29 is 38.7 Å². The summed E-state index contributed by atoms with van der Waals surface area (Å²) in [6.45, 7) is -0.287. The van der Waals surface area contributed by atoms with Gasteiger partial charge in [0.2, 0.25) is 0 Å². The first kappa shape index (κ1) is 18.2. The highest BCUT2D eigenvalue weighted by Crippen LogP contribution is 2.28. The van der Waals surface area contributed by atoms with Crippen molar-refractivity contribution in [1.29, 1.82) is 0 Å². The van der Waals surface area contributed by atoms with Gasteiger partial charge in [0.25, 0.3) is 35.4 Å². The molecule has 2 unspecified atom stereocenters. The summed E-state index contributed by atoms with van der Waals surface area (Å²) in [6.07, 6.45) is 3.27. The average Bonchev–Trinajstić information content (AvgIpc) is 3.17. The zero-order chi connectivity index (χ0) is 19.9. The summed E-state index contributed by atoms with van der Waals surface area (Å²) in [5.74, 6) is -6.44. The third-order valence-corrected chi connectivity index (χ3v) is 4.35. The fourth-order valence-electron chi connectivity index (χ4n) is 3.18. The Kier molecular flexibility index (Phi) is 4.44. The maximum Gasteiger partial charge on any atom is 0.303 e. The van der Waals surface area contributed by atoms with Gasteiger partial charge in [-0.05, 0) is 6.42 Å². The summed E-state index contributed by atoms with van der Waals surface area (Å²) in [7, 11) is 0. The lowest BCUT2D eigenvalue weighted by Gasteiger charge is -2.28. The van der Waals surface area contributed by atoms with Gasteiger partial charge in [-0.1, -0.05) is 0 Å². The van der Waals surface area contributed by atoms with Crippen LogP contribution in [0.4, 0.5) is 0 Å². The first-order valence-corrected chi connectivity index (χ1v) is 7.91. The number of carbonyl (C=O) groups is 7. The van der Waals surface area contributed by atoms with Crippen molar-refractivity contribution in [3.8, 4) is 0 Å². The lowest BCUT2D eigenvalue weighted by Crippen LogP contribution is -2.57. The first-order valence-electron chi connectivity index (χ1n) is 7.91. The highest BCUT2D eigenvalue weighted by Gasteiger charge is 2.58. The van der Waals surface area contributed by atoms with Crippen LogP contribution < -0.4 is 0 Å². The maximum absolute atomic E-state index is 12.8. The summed E-state index contributed by atoms with van der Waals surface area (Å²) in [5, 5.41) is 8.71. The number of imide groups is 3. The van der Waals surface area contributed by atoms with Gasteiger partial charge in [-0.2, -0.15) is 0 Å². The van der Waals surface area contributed by atoms with E-state index in [0.717, 1.165) is 24.3 Å². The molecule has 3 rings (SSSR count). The summed E-state index contributed by atoms with van der Waals surface area (Å²) < 4.78 is 0. The van der Waals surface area contributed by atoms with Crippen molar-refractivity contribution in [3.05, 3.63) is 24.3 Å². The molecular formula is C16H13N3O8. The summed E-state index contributed by atoms with van der Waals surface area (Å²) in [4.78, 5) is 86.0. The molecule has 1 saturated heterocycles. The minimum absolute atomic E-state index is 0.0630. The van der Waals surface area contributed by atoms with E-state index in [1.54, 1.807) is 0 Å². The van der Waals surface area contributed by atoms with Gasteiger partial charge in [0.15, 0.2) is 0 Å². The van der Waals surface area contributed by atoms with Gasteiger partial charge in [0.1, 0.15) is 12.1 Å². The lowest BCUT2D eigenvalue weighted by atomic mass is 10.1. The molecule has 3 aliphatic heterocycles. The van der Waals surface area contributed by atoms with Gasteiger partial charge in [-0.3, -0.25) is 48.3 Å². The van der Waals surface area contributed by atoms with Crippen molar-refractivity contribution in [2.75, 3.05) is 6.54 Å². The topological polar surface area (TPSA) is 149 Å². The van der Waals surface area contributed by atoms with Crippen LogP contribution in [0.1, 0.15) is 12.8 Å². The van der Waals surface area contributed by atoms with Crippen LogP contribution in [0.5, 0.6) is 0 Å². The first-order chi connectivity index (χ1) is 12.7. The molecule has 0 bridgehead atoms. The van der Waals surface area contributed by atoms with Crippen LogP contribution in [0.3, 0.4) is 0 Å².